The van der Waals surface area contributed by atoms with Crippen LogP contribution in [-0.4, -0.2) is 31.9 Å². The Balaban J connectivity index is 2.06. The Labute approximate surface area is 169 Å². The van der Waals surface area contributed by atoms with Gasteiger partial charge >= 0.3 is 0 Å². The maximum Gasteiger partial charge on any atom is 0.271 e. The number of amides is 1. The summed E-state index contributed by atoms with van der Waals surface area (Å²) in [5.41, 5.74) is 1.42. The van der Waals surface area contributed by atoms with Gasteiger partial charge in [-0.25, -0.2) is 13.1 Å². The van der Waals surface area contributed by atoms with E-state index in [0.29, 0.717) is 22.6 Å². The molecule has 0 bridgehead atoms. The summed E-state index contributed by atoms with van der Waals surface area (Å²) in [6.07, 6.45) is 0. The summed E-state index contributed by atoms with van der Waals surface area (Å²) in [4.78, 5) is 22.6. The van der Waals surface area contributed by atoms with E-state index in [1.54, 1.807) is 33.8 Å². The molecule has 29 heavy (non-hydrogen) atoms. The molecule has 0 saturated carbocycles. The standard InChI is InChI=1S/C19H23N3O6S/c1-12(2)21-29(26,27)16-7-8-18(14(4)9-16)28-11-19(23)20-17-10-15(22(24)25)6-5-13(17)3/h5-10,12,21H,11H2,1-4H3,(H,20,23). The topological polar surface area (TPSA) is 128 Å². The maximum atomic E-state index is 12.2. The van der Waals surface area contributed by atoms with E-state index in [9.17, 15) is 23.3 Å². The van der Waals surface area contributed by atoms with Crippen molar-refractivity contribution in [2.24, 2.45) is 0 Å². The zero-order chi connectivity index (χ0) is 21.8. The second-order valence-electron chi connectivity index (χ2n) is 6.80. The third kappa shape index (κ3) is 6.00. The average Bonchev–Trinajstić information content (AvgIpc) is 2.61. The number of sulfonamides is 1. The van der Waals surface area contributed by atoms with Crippen LogP contribution in [0.1, 0.15) is 25.0 Å². The number of carbonyl (C=O) groups is 1. The van der Waals surface area contributed by atoms with Crippen molar-refractivity contribution in [3.05, 3.63) is 57.6 Å². The van der Waals surface area contributed by atoms with E-state index in [4.69, 9.17) is 4.74 Å². The molecule has 156 valence electrons. The van der Waals surface area contributed by atoms with E-state index in [-0.39, 0.29) is 23.2 Å². The van der Waals surface area contributed by atoms with Crippen LogP contribution in [-0.2, 0) is 14.8 Å². The van der Waals surface area contributed by atoms with Gasteiger partial charge in [0.2, 0.25) is 10.0 Å². The van der Waals surface area contributed by atoms with Crippen LogP contribution in [0.25, 0.3) is 0 Å². The third-order valence-electron chi connectivity index (χ3n) is 3.91. The number of nitro groups is 1. The Hall–Kier alpha value is -2.98. The number of hydrogen-bond acceptors (Lipinski definition) is 6. The van der Waals surface area contributed by atoms with Gasteiger partial charge in [0.15, 0.2) is 6.61 Å². The molecule has 0 fully saturated rings. The quantitative estimate of drug-likeness (QED) is 0.498. The van der Waals surface area contributed by atoms with Crippen LogP contribution in [0, 0.1) is 24.0 Å². The van der Waals surface area contributed by atoms with E-state index < -0.39 is 20.9 Å². The number of ether oxygens (including phenoxy) is 1. The molecule has 2 aromatic rings. The first-order valence-electron chi connectivity index (χ1n) is 8.80. The van der Waals surface area contributed by atoms with Crippen LogP contribution in [0.3, 0.4) is 0 Å². The molecule has 0 aliphatic heterocycles. The first-order valence-corrected chi connectivity index (χ1v) is 10.3. The maximum absolute atomic E-state index is 12.2. The highest BCUT2D eigenvalue weighted by Gasteiger charge is 2.17. The third-order valence-corrected chi connectivity index (χ3v) is 5.57. The molecule has 2 N–H and O–H groups in total. The van der Waals surface area contributed by atoms with Crippen LogP contribution in [0.15, 0.2) is 41.3 Å². The van der Waals surface area contributed by atoms with Crippen LogP contribution in [0.2, 0.25) is 0 Å². The summed E-state index contributed by atoms with van der Waals surface area (Å²) in [5.74, 6) is -0.134. The van der Waals surface area contributed by atoms with Crippen molar-refractivity contribution in [2.45, 2.75) is 38.6 Å². The monoisotopic (exact) mass is 421 g/mol. The molecular weight excluding hydrogens is 398 g/mol. The Kier molecular flexibility index (Phi) is 6.93. The molecule has 0 radical (unpaired) electrons. The van der Waals surface area contributed by atoms with Gasteiger partial charge in [-0.05, 0) is 57.0 Å². The van der Waals surface area contributed by atoms with Crippen LogP contribution >= 0.6 is 0 Å². The molecule has 0 unspecified atom stereocenters. The van der Waals surface area contributed by atoms with Crippen LogP contribution < -0.4 is 14.8 Å². The van der Waals surface area contributed by atoms with Gasteiger partial charge in [-0.1, -0.05) is 6.07 Å². The molecule has 0 aliphatic rings. The molecule has 0 atom stereocenters. The van der Waals surface area contributed by atoms with E-state index in [1.165, 1.54) is 30.3 Å². The predicted molar refractivity (Wildman–Crippen MR) is 109 cm³/mol. The normalized spacial score (nSPS) is 11.3. The Bertz CT molecular complexity index is 1030. The second kappa shape index (κ2) is 9.01. The molecule has 1 amide bonds. The Morgan fingerprint density at radius 3 is 2.41 bits per heavy atom. The van der Waals surface area contributed by atoms with Crippen molar-refractivity contribution in [1.29, 1.82) is 0 Å². The van der Waals surface area contributed by atoms with E-state index >= 15 is 0 Å². The molecule has 0 heterocycles. The number of nitro benzene ring substituents is 1. The predicted octanol–water partition coefficient (Wildman–Crippen LogP) is 2.92. The van der Waals surface area contributed by atoms with Crippen LogP contribution in [0.4, 0.5) is 11.4 Å². The van der Waals surface area contributed by atoms with Gasteiger partial charge in [0, 0.05) is 18.2 Å². The number of hydrogen-bond donors (Lipinski definition) is 2. The number of rotatable bonds is 8. The summed E-state index contributed by atoms with van der Waals surface area (Å²) >= 11 is 0. The number of nitrogens with zero attached hydrogens (tertiary/aromatic N) is 1. The zero-order valence-corrected chi connectivity index (χ0v) is 17.4. The van der Waals surface area contributed by atoms with Crippen molar-refractivity contribution in [2.75, 3.05) is 11.9 Å². The summed E-state index contributed by atoms with van der Waals surface area (Å²) in [6.45, 7) is 6.51. The molecular formula is C19H23N3O6S. The Morgan fingerprint density at radius 1 is 1.14 bits per heavy atom. The lowest BCUT2D eigenvalue weighted by Crippen LogP contribution is -2.30. The molecule has 9 nitrogen and oxygen atoms in total. The number of benzene rings is 2. The van der Waals surface area contributed by atoms with Crippen LogP contribution in [0.5, 0.6) is 5.75 Å². The first kappa shape index (κ1) is 22.3. The first-order chi connectivity index (χ1) is 13.5. The summed E-state index contributed by atoms with van der Waals surface area (Å²) in [7, 11) is -3.63. The van der Waals surface area contributed by atoms with Gasteiger partial charge in [-0.3, -0.25) is 14.9 Å². The molecule has 10 heteroatoms. The smallest absolute Gasteiger partial charge is 0.271 e. The van der Waals surface area contributed by atoms with Gasteiger partial charge < -0.3 is 10.1 Å². The average molecular weight is 421 g/mol. The van der Waals surface area contributed by atoms with Crippen molar-refractivity contribution < 1.29 is 22.9 Å². The minimum Gasteiger partial charge on any atom is -0.483 e. The second-order valence-corrected chi connectivity index (χ2v) is 8.51. The summed E-state index contributed by atoms with van der Waals surface area (Å²) in [5, 5.41) is 13.5. The number of non-ortho nitro benzene ring substituents is 1. The highest BCUT2D eigenvalue weighted by atomic mass is 32.2. The fourth-order valence-corrected chi connectivity index (χ4v) is 3.85. The number of nitrogens with one attached hydrogen (secondary N) is 2. The molecule has 0 aromatic heterocycles. The van der Waals surface area contributed by atoms with Gasteiger partial charge in [-0.2, -0.15) is 0 Å². The number of carbonyl (C=O) groups excluding carboxylic acids is 1. The molecule has 0 saturated heterocycles. The Morgan fingerprint density at radius 2 is 1.83 bits per heavy atom. The van der Waals surface area contributed by atoms with Gasteiger partial charge in [0.05, 0.1) is 15.5 Å². The largest absolute Gasteiger partial charge is 0.483 e. The van der Waals surface area contributed by atoms with Crippen molar-refractivity contribution >= 4 is 27.3 Å². The lowest BCUT2D eigenvalue weighted by Gasteiger charge is -2.13. The van der Waals surface area contributed by atoms with E-state index in [1.807, 2.05) is 0 Å². The van der Waals surface area contributed by atoms with Crippen molar-refractivity contribution in [3.63, 3.8) is 0 Å². The fraction of sp³-hybridized carbons (Fsp3) is 0.316. The molecule has 0 spiro atoms. The minimum atomic E-state index is -3.63. The number of aryl methyl sites for hydroxylation is 2. The summed E-state index contributed by atoms with van der Waals surface area (Å²) < 4.78 is 32.4. The molecule has 2 rings (SSSR count). The highest BCUT2D eigenvalue weighted by Crippen LogP contribution is 2.23. The van der Waals surface area contributed by atoms with Gasteiger partial charge in [0.1, 0.15) is 5.75 Å². The SMILES string of the molecule is Cc1ccc([N+](=O)[O-])cc1NC(=O)COc1ccc(S(=O)(=O)NC(C)C)cc1C. The zero-order valence-electron chi connectivity index (χ0n) is 16.6. The van der Waals surface area contributed by atoms with Gasteiger partial charge in [0.25, 0.3) is 11.6 Å². The summed E-state index contributed by atoms with van der Waals surface area (Å²) in [6, 6.07) is 8.28. The van der Waals surface area contributed by atoms with Gasteiger partial charge in [-0.15, -0.1) is 0 Å². The molecule has 2 aromatic carbocycles. The highest BCUT2D eigenvalue weighted by molar-refractivity contribution is 7.89. The van der Waals surface area contributed by atoms with E-state index in [2.05, 4.69) is 10.0 Å². The number of anilines is 1. The van der Waals surface area contributed by atoms with Crippen molar-refractivity contribution in [3.8, 4) is 5.75 Å². The lowest BCUT2D eigenvalue weighted by atomic mass is 10.2. The fourth-order valence-electron chi connectivity index (χ4n) is 2.52. The van der Waals surface area contributed by atoms with E-state index in [0.717, 1.165) is 0 Å². The minimum absolute atomic E-state index is 0.104. The lowest BCUT2D eigenvalue weighted by molar-refractivity contribution is -0.384. The molecule has 0 aliphatic carbocycles. The van der Waals surface area contributed by atoms with Crippen molar-refractivity contribution in [1.82, 2.24) is 4.72 Å².